The van der Waals surface area contributed by atoms with Crippen molar-refractivity contribution < 1.29 is 13.6 Å². The number of benzene rings is 1. The molecule has 0 bridgehead atoms. The highest BCUT2D eigenvalue weighted by molar-refractivity contribution is 8.00. The van der Waals surface area contributed by atoms with Crippen LogP contribution in [-0.2, 0) is 4.79 Å². The number of aromatic nitrogens is 2. The van der Waals surface area contributed by atoms with E-state index in [1.807, 2.05) is 11.8 Å². The number of hydrogen-bond acceptors (Lipinski definition) is 5. The zero-order chi connectivity index (χ0) is 18.0. The molecule has 0 aliphatic carbocycles. The molecule has 0 spiro atoms. The van der Waals surface area contributed by atoms with Gasteiger partial charge in [0.2, 0.25) is 11.8 Å². The van der Waals surface area contributed by atoms with E-state index in [0.29, 0.717) is 16.7 Å². The summed E-state index contributed by atoms with van der Waals surface area (Å²) in [5, 5.41) is 8.03. The molecule has 7 heteroatoms. The maximum atomic E-state index is 13.0. The molecule has 3 atom stereocenters. The Morgan fingerprint density at radius 3 is 2.52 bits per heavy atom. The van der Waals surface area contributed by atoms with Gasteiger partial charge in [0.15, 0.2) is 0 Å². The van der Waals surface area contributed by atoms with Crippen LogP contribution in [0.15, 0.2) is 33.9 Å². The molecule has 0 N–H and O–H groups in total. The van der Waals surface area contributed by atoms with Gasteiger partial charge in [-0.05, 0) is 64.3 Å². The number of rotatable bonds is 4. The molecule has 1 fully saturated rings. The monoisotopic (exact) mass is 363 g/mol. The van der Waals surface area contributed by atoms with Gasteiger partial charge in [0, 0.05) is 17.6 Å². The number of hydrogen-bond donors (Lipinski definition) is 0. The Morgan fingerprint density at radius 1 is 1.24 bits per heavy atom. The van der Waals surface area contributed by atoms with Crippen LogP contribution in [0.1, 0.15) is 40.0 Å². The summed E-state index contributed by atoms with van der Waals surface area (Å²) in [4.78, 5) is 14.8. The van der Waals surface area contributed by atoms with E-state index >= 15 is 0 Å². The summed E-state index contributed by atoms with van der Waals surface area (Å²) in [6.07, 6.45) is 3.25. The normalized spacial score (nSPS) is 22.0. The van der Waals surface area contributed by atoms with Crippen molar-refractivity contribution in [3.05, 3.63) is 30.1 Å². The molecule has 1 amide bonds. The first-order chi connectivity index (χ1) is 12.0. The highest BCUT2D eigenvalue weighted by Gasteiger charge is 2.32. The summed E-state index contributed by atoms with van der Waals surface area (Å²) in [6, 6.07) is 6.38. The standard InChI is InChI=1S/C18H22FN3O2S/c1-11-5-4-6-12(2)22(11)17(23)13(3)25-18-21-20-16(24-18)14-7-9-15(19)10-8-14/h7-13H,4-6H2,1-3H3/t11-,12+,13-/m1/s1. The third-order valence-corrected chi connectivity index (χ3v) is 5.49. The van der Waals surface area contributed by atoms with Crippen LogP contribution in [0.25, 0.3) is 11.5 Å². The van der Waals surface area contributed by atoms with Crippen LogP contribution in [0, 0.1) is 5.82 Å². The van der Waals surface area contributed by atoms with Crippen LogP contribution in [0.5, 0.6) is 0 Å². The van der Waals surface area contributed by atoms with Gasteiger partial charge in [-0.3, -0.25) is 4.79 Å². The van der Waals surface area contributed by atoms with Crippen molar-refractivity contribution in [2.45, 2.75) is 62.6 Å². The molecule has 2 heterocycles. The third-order valence-electron chi connectivity index (χ3n) is 4.57. The number of thioether (sulfide) groups is 1. The van der Waals surface area contributed by atoms with Gasteiger partial charge < -0.3 is 9.32 Å². The van der Waals surface area contributed by atoms with Gasteiger partial charge in [-0.15, -0.1) is 10.2 Å². The molecular formula is C18H22FN3O2S. The number of piperidine rings is 1. The molecule has 5 nitrogen and oxygen atoms in total. The number of nitrogens with zero attached hydrogens (tertiary/aromatic N) is 3. The minimum Gasteiger partial charge on any atom is -0.411 e. The lowest BCUT2D eigenvalue weighted by atomic mass is 9.97. The van der Waals surface area contributed by atoms with E-state index in [4.69, 9.17) is 4.42 Å². The molecule has 1 aliphatic heterocycles. The van der Waals surface area contributed by atoms with Gasteiger partial charge in [-0.2, -0.15) is 0 Å². The van der Waals surface area contributed by atoms with Gasteiger partial charge in [0.25, 0.3) is 5.22 Å². The smallest absolute Gasteiger partial charge is 0.277 e. The lowest BCUT2D eigenvalue weighted by molar-refractivity contribution is -0.136. The first kappa shape index (κ1) is 17.9. The molecule has 0 radical (unpaired) electrons. The number of amides is 1. The first-order valence-corrected chi connectivity index (χ1v) is 9.42. The molecule has 3 rings (SSSR count). The lowest BCUT2D eigenvalue weighted by Gasteiger charge is -2.40. The van der Waals surface area contributed by atoms with E-state index < -0.39 is 0 Å². The summed E-state index contributed by atoms with van der Waals surface area (Å²) in [5.74, 6) is 0.106. The van der Waals surface area contributed by atoms with Crippen LogP contribution >= 0.6 is 11.8 Å². The van der Waals surface area contributed by atoms with E-state index in [2.05, 4.69) is 24.0 Å². The third kappa shape index (κ3) is 4.03. The zero-order valence-electron chi connectivity index (χ0n) is 14.6. The molecule has 2 aromatic rings. The van der Waals surface area contributed by atoms with E-state index in [0.717, 1.165) is 12.8 Å². The Bertz CT molecular complexity index is 724. The van der Waals surface area contributed by atoms with Crippen LogP contribution < -0.4 is 0 Å². The first-order valence-electron chi connectivity index (χ1n) is 8.54. The highest BCUT2D eigenvalue weighted by Crippen LogP contribution is 2.30. The molecule has 1 aliphatic rings. The minimum atomic E-state index is -0.318. The molecule has 0 saturated carbocycles. The molecule has 1 aromatic carbocycles. The second-order valence-corrected chi connectivity index (χ2v) is 7.81. The fraction of sp³-hybridized carbons (Fsp3) is 0.500. The summed E-state index contributed by atoms with van der Waals surface area (Å²) in [6.45, 7) is 6.07. The maximum absolute atomic E-state index is 13.0. The van der Waals surface area contributed by atoms with Crippen molar-refractivity contribution in [2.24, 2.45) is 0 Å². The van der Waals surface area contributed by atoms with Crippen molar-refractivity contribution in [3.8, 4) is 11.5 Å². The van der Waals surface area contributed by atoms with Crippen LogP contribution in [0.4, 0.5) is 4.39 Å². The Kier molecular flexibility index (Phi) is 5.42. The molecule has 1 saturated heterocycles. The summed E-state index contributed by atoms with van der Waals surface area (Å²) >= 11 is 1.26. The molecule has 25 heavy (non-hydrogen) atoms. The predicted molar refractivity (Wildman–Crippen MR) is 94.6 cm³/mol. The highest BCUT2D eigenvalue weighted by atomic mass is 32.2. The largest absolute Gasteiger partial charge is 0.411 e. The predicted octanol–water partition coefficient (Wildman–Crippen LogP) is 4.15. The quantitative estimate of drug-likeness (QED) is 0.764. The van der Waals surface area contributed by atoms with E-state index in [1.165, 1.54) is 30.3 Å². The second kappa shape index (κ2) is 7.56. The van der Waals surface area contributed by atoms with Crippen molar-refractivity contribution in [1.82, 2.24) is 15.1 Å². The summed E-state index contributed by atoms with van der Waals surface area (Å²) in [7, 11) is 0. The van der Waals surface area contributed by atoms with Gasteiger partial charge >= 0.3 is 0 Å². The second-order valence-electron chi connectivity index (χ2n) is 6.51. The summed E-state index contributed by atoms with van der Waals surface area (Å²) in [5.41, 5.74) is 0.651. The van der Waals surface area contributed by atoms with Gasteiger partial charge in [-0.25, -0.2) is 4.39 Å². The van der Waals surface area contributed by atoms with Crippen molar-refractivity contribution in [2.75, 3.05) is 0 Å². The minimum absolute atomic E-state index is 0.103. The van der Waals surface area contributed by atoms with Crippen LogP contribution in [-0.4, -0.2) is 38.3 Å². The number of halogens is 1. The molecule has 1 aromatic heterocycles. The zero-order valence-corrected chi connectivity index (χ0v) is 15.4. The van der Waals surface area contributed by atoms with E-state index in [-0.39, 0.29) is 29.1 Å². The number of likely N-dealkylation sites (tertiary alicyclic amines) is 1. The summed E-state index contributed by atoms with van der Waals surface area (Å²) < 4.78 is 18.6. The molecular weight excluding hydrogens is 341 g/mol. The van der Waals surface area contributed by atoms with Gasteiger partial charge in [0.1, 0.15) is 5.82 Å². The fourth-order valence-corrected chi connectivity index (χ4v) is 3.97. The number of carbonyl (C=O) groups is 1. The van der Waals surface area contributed by atoms with Crippen molar-refractivity contribution in [1.29, 1.82) is 0 Å². The Labute approximate surface area is 151 Å². The topological polar surface area (TPSA) is 59.2 Å². The van der Waals surface area contributed by atoms with E-state index in [9.17, 15) is 9.18 Å². The van der Waals surface area contributed by atoms with Gasteiger partial charge in [-0.1, -0.05) is 11.8 Å². The van der Waals surface area contributed by atoms with Crippen molar-refractivity contribution in [3.63, 3.8) is 0 Å². The van der Waals surface area contributed by atoms with E-state index in [1.54, 1.807) is 12.1 Å². The maximum Gasteiger partial charge on any atom is 0.277 e. The molecule has 0 unspecified atom stereocenters. The lowest BCUT2D eigenvalue weighted by Crippen LogP contribution is -2.50. The average Bonchev–Trinajstić information content (AvgIpc) is 3.03. The fourth-order valence-electron chi connectivity index (χ4n) is 3.23. The molecule has 134 valence electrons. The Morgan fingerprint density at radius 2 is 1.88 bits per heavy atom. The van der Waals surface area contributed by atoms with Crippen LogP contribution in [0.3, 0.4) is 0 Å². The Balaban J connectivity index is 1.67. The average molecular weight is 363 g/mol. The van der Waals surface area contributed by atoms with Gasteiger partial charge in [0.05, 0.1) is 5.25 Å². The van der Waals surface area contributed by atoms with Crippen LogP contribution in [0.2, 0.25) is 0 Å². The Hall–Kier alpha value is -1.89. The SMILES string of the molecule is C[C@@H]1CCC[C@H](C)N1C(=O)[C@@H](C)Sc1nnc(-c2ccc(F)cc2)o1. The van der Waals surface area contributed by atoms with Crippen molar-refractivity contribution >= 4 is 17.7 Å². The number of carbonyl (C=O) groups excluding carboxylic acids is 1.